The number of aliphatic hydroxyl groups excluding tert-OH is 3. The van der Waals surface area contributed by atoms with E-state index in [-0.39, 0.29) is 5.57 Å². The van der Waals surface area contributed by atoms with Crippen molar-refractivity contribution in [3.05, 3.63) is 11.8 Å². The van der Waals surface area contributed by atoms with Crippen molar-refractivity contribution in [3.8, 4) is 0 Å². The Morgan fingerprint density at radius 1 is 1.50 bits per heavy atom. The Hall–Kier alpha value is -1.48. The Morgan fingerprint density at radius 3 is 2.50 bits per heavy atom. The second-order valence-electron chi connectivity index (χ2n) is 4.87. The lowest BCUT2D eigenvalue weighted by Gasteiger charge is -2.28. The van der Waals surface area contributed by atoms with E-state index in [1.807, 2.05) is 0 Å². The van der Waals surface area contributed by atoms with Crippen molar-refractivity contribution in [1.82, 2.24) is 10.2 Å². The molecule has 1 rings (SSSR count). The predicted octanol–water partition coefficient (Wildman–Crippen LogP) is -1.44. The van der Waals surface area contributed by atoms with Crippen LogP contribution < -0.4 is 5.32 Å². The summed E-state index contributed by atoms with van der Waals surface area (Å²) >= 11 is 0. The topological polar surface area (TPSA) is 119 Å². The number of rotatable bonds is 4. The summed E-state index contributed by atoms with van der Waals surface area (Å²) in [5, 5.41) is 31.5. The summed E-state index contributed by atoms with van der Waals surface area (Å²) in [7, 11) is 1.38. The Balaban J connectivity index is 3.10. The lowest BCUT2D eigenvalue weighted by Crippen LogP contribution is -2.47. The van der Waals surface area contributed by atoms with Crippen LogP contribution in [0.1, 0.15) is 13.8 Å². The Bertz CT molecular complexity index is 413. The molecule has 1 aliphatic rings. The summed E-state index contributed by atoms with van der Waals surface area (Å²) in [4.78, 5) is 23.5. The molecule has 1 saturated heterocycles. The van der Waals surface area contributed by atoms with Crippen molar-refractivity contribution < 1.29 is 29.6 Å². The quantitative estimate of drug-likeness (QED) is 0.371. The first-order valence-corrected chi connectivity index (χ1v) is 6.09. The van der Waals surface area contributed by atoms with Crippen LogP contribution in [0.5, 0.6) is 0 Å². The van der Waals surface area contributed by atoms with Crippen molar-refractivity contribution in [2.45, 2.75) is 37.9 Å². The average molecular weight is 288 g/mol. The fourth-order valence-electron chi connectivity index (χ4n) is 1.91. The van der Waals surface area contributed by atoms with E-state index >= 15 is 0 Å². The molecule has 0 radical (unpaired) electrons. The van der Waals surface area contributed by atoms with E-state index < -0.39 is 36.7 Å². The van der Waals surface area contributed by atoms with Crippen LogP contribution in [0.2, 0.25) is 0 Å². The summed E-state index contributed by atoms with van der Waals surface area (Å²) < 4.78 is 5.41. The highest BCUT2D eigenvalue weighted by molar-refractivity contribution is 5.78. The molecule has 20 heavy (non-hydrogen) atoms. The lowest BCUT2D eigenvalue weighted by molar-refractivity contribution is -0.121. The molecule has 8 heteroatoms. The molecule has 0 saturated carbocycles. The van der Waals surface area contributed by atoms with Crippen molar-refractivity contribution >= 4 is 12.3 Å². The van der Waals surface area contributed by atoms with Gasteiger partial charge in [0, 0.05) is 18.8 Å². The third-order valence-electron chi connectivity index (χ3n) is 3.20. The van der Waals surface area contributed by atoms with Gasteiger partial charge in [0.25, 0.3) is 0 Å². The predicted molar refractivity (Wildman–Crippen MR) is 68.5 cm³/mol. The lowest BCUT2D eigenvalue weighted by atomic mass is 9.98. The molecule has 0 aliphatic carbocycles. The highest BCUT2D eigenvalue weighted by atomic mass is 16.6. The number of hydrogen-bond donors (Lipinski definition) is 4. The molecule has 4 N–H and O–H groups in total. The number of carbonyl (C=O) groups excluding carboxylic acids is 2. The second-order valence-corrected chi connectivity index (χ2v) is 4.87. The number of aliphatic hydroxyl groups is 3. The molecular weight excluding hydrogens is 268 g/mol. The van der Waals surface area contributed by atoms with Gasteiger partial charge in [-0.15, -0.1) is 0 Å². The Morgan fingerprint density at radius 2 is 2.10 bits per heavy atom. The van der Waals surface area contributed by atoms with Crippen LogP contribution in [0.25, 0.3) is 0 Å². The molecule has 2 amide bonds. The van der Waals surface area contributed by atoms with E-state index in [2.05, 4.69) is 5.32 Å². The van der Waals surface area contributed by atoms with Crippen LogP contribution in [-0.2, 0) is 9.53 Å². The van der Waals surface area contributed by atoms with Gasteiger partial charge in [-0.25, -0.2) is 4.79 Å². The maximum Gasteiger partial charge on any atom is 0.323 e. The van der Waals surface area contributed by atoms with E-state index in [9.17, 15) is 24.9 Å². The number of nitrogens with zero attached hydrogens (tertiary/aromatic N) is 1. The minimum absolute atomic E-state index is 0.233. The number of ether oxygens (including phenoxy) is 1. The van der Waals surface area contributed by atoms with Gasteiger partial charge in [0.05, 0.1) is 6.61 Å². The molecule has 0 spiro atoms. The number of carbonyl (C=O) groups is 2. The summed E-state index contributed by atoms with van der Waals surface area (Å²) in [5.41, 5.74) is -1.16. The summed E-state index contributed by atoms with van der Waals surface area (Å²) in [6.45, 7) is 2.37. The third-order valence-corrected chi connectivity index (χ3v) is 3.20. The number of amides is 2. The highest BCUT2D eigenvalue weighted by Gasteiger charge is 2.53. The van der Waals surface area contributed by atoms with E-state index in [1.165, 1.54) is 27.1 Å². The summed E-state index contributed by atoms with van der Waals surface area (Å²) in [6.07, 6.45) is -2.25. The molecule has 1 heterocycles. The highest BCUT2D eigenvalue weighted by Crippen LogP contribution is 2.32. The van der Waals surface area contributed by atoms with E-state index in [1.54, 1.807) is 0 Å². The van der Waals surface area contributed by atoms with Crippen molar-refractivity contribution in [2.75, 3.05) is 13.7 Å². The van der Waals surface area contributed by atoms with Gasteiger partial charge in [0.15, 0.2) is 6.23 Å². The first-order valence-electron chi connectivity index (χ1n) is 6.09. The first-order chi connectivity index (χ1) is 9.30. The molecule has 1 fully saturated rings. The Labute approximate surface area is 116 Å². The zero-order valence-electron chi connectivity index (χ0n) is 11.6. The standard InChI is InChI=1S/C12H20N2O6/c1-7(5-15)4-14(11(19)13-3)10-8(17)9(18)12(2,6-16)20-10/h4-5,8-10,16-18H,6H2,1-3H3,(H,13,19)/b7-4+. The maximum atomic E-state index is 11.8. The second kappa shape index (κ2) is 6.31. The number of allylic oxidation sites excluding steroid dienone is 1. The van der Waals surface area contributed by atoms with Crippen LogP contribution in [0.4, 0.5) is 4.79 Å². The van der Waals surface area contributed by atoms with Crippen LogP contribution in [-0.4, -0.2) is 70.2 Å². The van der Waals surface area contributed by atoms with Crippen LogP contribution >= 0.6 is 0 Å². The molecule has 114 valence electrons. The zero-order valence-corrected chi connectivity index (χ0v) is 11.6. The van der Waals surface area contributed by atoms with Gasteiger partial charge >= 0.3 is 6.03 Å². The smallest absolute Gasteiger partial charge is 0.323 e. The largest absolute Gasteiger partial charge is 0.393 e. The fourth-order valence-corrected chi connectivity index (χ4v) is 1.91. The molecule has 0 bridgehead atoms. The molecule has 0 aromatic heterocycles. The monoisotopic (exact) mass is 288 g/mol. The molecular formula is C12H20N2O6. The van der Waals surface area contributed by atoms with Gasteiger partial charge in [-0.2, -0.15) is 0 Å². The molecule has 0 aromatic carbocycles. The Kier molecular flexibility index (Phi) is 5.23. The van der Waals surface area contributed by atoms with Crippen LogP contribution in [0, 0.1) is 0 Å². The summed E-state index contributed by atoms with van der Waals surface area (Å²) in [5.74, 6) is 0. The number of aldehydes is 1. The van der Waals surface area contributed by atoms with Gasteiger partial charge in [0.1, 0.15) is 24.1 Å². The average Bonchev–Trinajstić information content (AvgIpc) is 2.68. The number of hydrogen-bond acceptors (Lipinski definition) is 6. The maximum absolute atomic E-state index is 11.8. The summed E-state index contributed by atoms with van der Waals surface area (Å²) in [6, 6.07) is -0.621. The van der Waals surface area contributed by atoms with Crippen LogP contribution in [0.3, 0.4) is 0 Å². The number of nitrogens with one attached hydrogen (secondary N) is 1. The molecule has 4 unspecified atom stereocenters. The van der Waals surface area contributed by atoms with Crippen LogP contribution in [0.15, 0.2) is 11.8 Å². The SMILES string of the molecule is CNC(=O)N(/C=C(\C)C=O)C1OC(C)(CO)C(O)C1O. The van der Waals surface area contributed by atoms with E-state index in [0.717, 1.165) is 4.90 Å². The van der Waals surface area contributed by atoms with Crippen molar-refractivity contribution in [1.29, 1.82) is 0 Å². The zero-order chi connectivity index (χ0) is 15.5. The molecule has 8 nitrogen and oxygen atoms in total. The van der Waals surface area contributed by atoms with Crippen molar-refractivity contribution in [2.24, 2.45) is 0 Å². The van der Waals surface area contributed by atoms with Gasteiger partial charge in [0.2, 0.25) is 0 Å². The first kappa shape index (κ1) is 16.6. The number of urea groups is 1. The van der Waals surface area contributed by atoms with Gasteiger partial charge in [-0.3, -0.25) is 9.69 Å². The molecule has 1 aliphatic heterocycles. The van der Waals surface area contributed by atoms with Crippen molar-refractivity contribution in [3.63, 3.8) is 0 Å². The van der Waals surface area contributed by atoms with Gasteiger partial charge in [-0.05, 0) is 13.8 Å². The third kappa shape index (κ3) is 2.98. The minimum atomic E-state index is -1.42. The van der Waals surface area contributed by atoms with Gasteiger partial charge < -0.3 is 25.4 Å². The minimum Gasteiger partial charge on any atom is -0.393 e. The van der Waals surface area contributed by atoms with E-state index in [4.69, 9.17) is 4.74 Å². The fraction of sp³-hybridized carbons (Fsp3) is 0.667. The van der Waals surface area contributed by atoms with Gasteiger partial charge in [-0.1, -0.05) is 0 Å². The normalized spacial score (nSPS) is 33.9. The molecule has 0 aromatic rings. The van der Waals surface area contributed by atoms with E-state index in [0.29, 0.717) is 6.29 Å². The molecule has 4 atom stereocenters.